The van der Waals surface area contributed by atoms with Crippen molar-refractivity contribution >= 4 is 23.6 Å². The molecule has 0 radical (unpaired) electrons. The third-order valence-electron chi connectivity index (χ3n) is 2.14. The summed E-state index contributed by atoms with van der Waals surface area (Å²) in [5.74, 6) is 0. The Bertz CT molecular complexity index is 484. The van der Waals surface area contributed by atoms with Gasteiger partial charge in [0.1, 0.15) is 5.60 Å². The lowest BCUT2D eigenvalue weighted by molar-refractivity contribution is 0.0552. The van der Waals surface area contributed by atoms with Gasteiger partial charge in [-0.25, -0.2) is 4.79 Å². The van der Waals surface area contributed by atoms with Crippen LogP contribution >= 0.6 is 0 Å². The molecule has 1 amide bonds. The zero-order valence-electron chi connectivity index (χ0n) is 11.4. The number of carbonyl (C=O) groups excluding carboxylic acids is 1. The second-order valence-electron chi connectivity index (χ2n) is 5.01. The number of nitrogen functional groups attached to an aromatic ring is 1. The maximum atomic E-state index is 11.5. The molecule has 0 bridgehead atoms. The average Bonchev–Trinajstić information content (AvgIpc) is 2.29. The van der Waals surface area contributed by atoms with Gasteiger partial charge in [-0.15, -0.1) is 0 Å². The summed E-state index contributed by atoms with van der Waals surface area (Å²) in [6.45, 7) is 5.36. The second kappa shape index (κ2) is 6.04. The quantitative estimate of drug-likeness (QED) is 0.577. The zero-order valence-corrected chi connectivity index (χ0v) is 11.4. The number of rotatable bonds is 3. The normalized spacial score (nSPS) is 11.8. The molecule has 1 aromatic rings. The van der Waals surface area contributed by atoms with E-state index in [9.17, 15) is 4.79 Å². The van der Waals surface area contributed by atoms with E-state index in [1.54, 1.807) is 45.0 Å². The Morgan fingerprint density at radius 2 is 1.89 bits per heavy atom. The lowest BCUT2D eigenvalue weighted by Gasteiger charge is -2.18. The van der Waals surface area contributed by atoms with Gasteiger partial charge in [0.05, 0.1) is 0 Å². The van der Waals surface area contributed by atoms with Crippen molar-refractivity contribution in [1.82, 2.24) is 5.32 Å². The molecule has 0 fully saturated rings. The topological polar surface area (TPSA) is 88.2 Å². The first-order valence-corrected chi connectivity index (χ1v) is 5.88. The van der Waals surface area contributed by atoms with E-state index in [1.807, 2.05) is 0 Å². The molecule has 0 aliphatic heterocycles. The molecule has 0 spiro atoms. The summed E-state index contributed by atoms with van der Waals surface area (Å²) >= 11 is 0. The molecule has 0 aromatic heterocycles. The van der Waals surface area contributed by atoms with Gasteiger partial charge in [-0.3, -0.25) is 5.32 Å². The van der Waals surface area contributed by atoms with Crippen molar-refractivity contribution in [3.05, 3.63) is 36.0 Å². The molecule has 0 unspecified atom stereocenters. The minimum Gasteiger partial charge on any atom is -0.444 e. The fourth-order valence-electron chi connectivity index (χ4n) is 1.33. The number of ether oxygens (including phenoxy) is 1. The van der Waals surface area contributed by atoms with Gasteiger partial charge in [0, 0.05) is 23.7 Å². The fraction of sp³-hybridized carbons (Fsp3) is 0.286. The third kappa shape index (κ3) is 5.25. The molecule has 0 saturated heterocycles. The standard InChI is InChI=1S/C14H19N3O2/c1-14(2,3)19-13(18)17-9-11(8-15)10-4-6-12(16)7-5-10/h4-9,15H,16H2,1-3H3,(H,17,18)/b11-9+,15-8?. The molecule has 19 heavy (non-hydrogen) atoms. The maximum absolute atomic E-state index is 11.5. The minimum atomic E-state index is -0.553. The number of allylic oxidation sites excluding steroid dienone is 1. The second-order valence-corrected chi connectivity index (χ2v) is 5.01. The summed E-state index contributed by atoms with van der Waals surface area (Å²) < 4.78 is 5.10. The number of amides is 1. The summed E-state index contributed by atoms with van der Waals surface area (Å²) in [6, 6.07) is 7.03. The number of nitrogens with one attached hydrogen (secondary N) is 2. The van der Waals surface area contributed by atoms with Crippen LogP contribution in [0.25, 0.3) is 5.57 Å². The lowest BCUT2D eigenvalue weighted by atomic mass is 10.1. The molecular formula is C14H19N3O2. The van der Waals surface area contributed by atoms with Gasteiger partial charge in [-0.2, -0.15) is 0 Å². The van der Waals surface area contributed by atoms with Gasteiger partial charge in [-0.1, -0.05) is 12.1 Å². The number of nitrogens with two attached hydrogens (primary N) is 1. The van der Waals surface area contributed by atoms with E-state index in [-0.39, 0.29) is 0 Å². The van der Waals surface area contributed by atoms with E-state index >= 15 is 0 Å². The highest BCUT2D eigenvalue weighted by Crippen LogP contribution is 2.14. The Kier molecular flexibility index (Phi) is 4.69. The van der Waals surface area contributed by atoms with Crippen molar-refractivity contribution in [2.75, 3.05) is 5.73 Å². The fourth-order valence-corrected chi connectivity index (χ4v) is 1.33. The predicted octanol–water partition coefficient (Wildman–Crippen LogP) is 2.78. The average molecular weight is 261 g/mol. The number of alkyl carbamates (subject to hydrolysis) is 1. The molecular weight excluding hydrogens is 242 g/mol. The van der Waals surface area contributed by atoms with Gasteiger partial charge in [-0.05, 0) is 38.5 Å². The van der Waals surface area contributed by atoms with Crippen molar-refractivity contribution in [3.63, 3.8) is 0 Å². The van der Waals surface area contributed by atoms with Crippen LogP contribution in [-0.4, -0.2) is 17.9 Å². The van der Waals surface area contributed by atoms with E-state index in [0.29, 0.717) is 11.3 Å². The van der Waals surface area contributed by atoms with E-state index in [4.69, 9.17) is 15.9 Å². The number of carbonyl (C=O) groups is 1. The van der Waals surface area contributed by atoms with Crippen LogP contribution in [0, 0.1) is 5.41 Å². The molecule has 5 nitrogen and oxygen atoms in total. The van der Waals surface area contributed by atoms with Crippen molar-refractivity contribution in [3.8, 4) is 0 Å². The van der Waals surface area contributed by atoms with Crippen LogP contribution in [0.4, 0.5) is 10.5 Å². The molecule has 4 N–H and O–H groups in total. The van der Waals surface area contributed by atoms with Crippen LogP contribution in [0.15, 0.2) is 30.5 Å². The SMILES string of the molecule is CC(C)(C)OC(=O)N/C=C(\C=N)c1ccc(N)cc1. The highest BCUT2D eigenvalue weighted by atomic mass is 16.6. The maximum Gasteiger partial charge on any atom is 0.411 e. The highest BCUT2D eigenvalue weighted by Gasteiger charge is 2.15. The number of hydrogen-bond acceptors (Lipinski definition) is 4. The summed E-state index contributed by atoms with van der Waals surface area (Å²) in [5, 5.41) is 9.86. The summed E-state index contributed by atoms with van der Waals surface area (Å²) in [4.78, 5) is 11.5. The summed E-state index contributed by atoms with van der Waals surface area (Å²) in [7, 11) is 0. The molecule has 0 atom stereocenters. The smallest absolute Gasteiger partial charge is 0.411 e. The predicted molar refractivity (Wildman–Crippen MR) is 77.0 cm³/mol. The summed E-state index contributed by atoms with van der Waals surface area (Å²) in [6.07, 6.45) is 2.04. The largest absolute Gasteiger partial charge is 0.444 e. The number of hydrogen-bond donors (Lipinski definition) is 3. The van der Waals surface area contributed by atoms with E-state index in [1.165, 1.54) is 6.20 Å². The Hall–Kier alpha value is -2.30. The van der Waals surface area contributed by atoms with E-state index in [2.05, 4.69) is 5.32 Å². The van der Waals surface area contributed by atoms with Gasteiger partial charge in [0.2, 0.25) is 0 Å². The molecule has 5 heteroatoms. The first-order chi connectivity index (χ1) is 8.81. The van der Waals surface area contributed by atoms with Crippen LogP contribution in [0.1, 0.15) is 26.3 Å². The van der Waals surface area contributed by atoms with Crippen LogP contribution < -0.4 is 11.1 Å². The van der Waals surface area contributed by atoms with Crippen molar-refractivity contribution in [2.24, 2.45) is 0 Å². The van der Waals surface area contributed by atoms with Gasteiger partial charge in [0.25, 0.3) is 0 Å². The first kappa shape index (κ1) is 14.8. The van der Waals surface area contributed by atoms with Crippen molar-refractivity contribution in [2.45, 2.75) is 26.4 Å². The zero-order chi connectivity index (χ0) is 14.5. The highest BCUT2D eigenvalue weighted by molar-refractivity contribution is 6.08. The molecule has 102 valence electrons. The van der Waals surface area contributed by atoms with Crippen LogP contribution in [0.3, 0.4) is 0 Å². The van der Waals surface area contributed by atoms with Gasteiger partial charge >= 0.3 is 6.09 Å². The number of benzene rings is 1. The Morgan fingerprint density at radius 3 is 2.37 bits per heavy atom. The van der Waals surface area contributed by atoms with E-state index < -0.39 is 11.7 Å². The lowest BCUT2D eigenvalue weighted by Crippen LogP contribution is -2.29. The Balaban J connectivity index is 2.75. The molecule has 0 heterocycles. The Labute approximate surface area is 113 Å². The van der Waals surface area contributed by atoms with Crippen LogP contribution in [0.5, 0.6) is 0 Å². The van der Waals surface area contributed by atoms with Crippen molar-refractivity contribution in [1.29, 1.82) is 5.41 Å². The minimum absolute atomic E-state index is 0.552. The van der Waals surface area contributed by atoms with Crippen molar-refractivity contribution < 1.29 is 9.53 Å². The molecule has 0 aliphatic rings. The number of anilines is 1. The first-order valence-electron chi connectivity index (χ1n) is 5.88. The molecule has 1 aromatic carbocycles. The summed E-state index contributed by atoms with van der Waals surface area (Å²) in [5.41, 5.74) is 7.04. The van der Waals surface area contributed by atoms with Crippen LogP contribution in [-0.2, 0) is 4.74 Å². The molecule has 0 saturated carbocycles. The van der Waals surface area contributed by atoms with Gasteiger partial charge in [0.15, 0.2) is 0 Å². The molecule has 0 aliphatic carbocycles. The molecule has 1 rings (SSSR count). The van der Waals surface area contributed by atoms with E-state index in [0.717, 1.165) is 11.8 Å². The third-order valence-corrected chi connectivity index (χ3v) is 2.14. The van der Waals surface area contributed by atoms with Crippen LogP contribution in [0.2, 0.25) is 0 Å². The van der Waals surface area contributed by atoms with Gasteiger partial charge < -0.3 is 15.9 Å². The monoisotopic (exact) mass is 261 g/mol. The Morgan fingerprint density at radius 1 is 1.32 bits per heavy atom.